The molecule has 2 aromatic carbocycles. The van der Waals surface area contributed by atoms with E-state index in [9.17, 15) is 14.7 Å². The smallest absolute Gasteiger partial charge is 0.295 e. The van der Waals surface area contributed by atoms with Gasteiger partial charge in [-0.25, -0.2) is 0 Å². The number of amides is 1. The van der Waals surface area contributed by atoms with Crippen LogP contribution < -0.4 is 4.74 Å². The fourth-order valence-electron chi connectivity index (χ4n) is 4.37. The van der Waals surface area contributed by atoms with Gasteiger partial charge in [-0.2, -0.15) is 0 Å². The second kappa shape index (κ2) is 9.83. The molecule has 2 saturated heterocycles. The number of likely N-dealkylation sites (tertiary alicyclic amines) is 2. The zero-order valence-electron chi connectivity index (χ0n) is 18.1. The second-order valence-corrected chi connectivity index (χ2v) is 8.08. The van der Waals surface area contributed by atoms with Gasteiger partial charge in [0.25, 0.3) is 11.7 Å². The van der Waals surface area contributed by atoms with Crippen LogP contribution in [0.4, 0.5) is 0 Å². The van der Waals surface area contributed by atoms with Crippen molar-refractivity contribution >= 4 is 17.4 Å². The fourth-order valence-corrected chi connectivity index (χ4v) is 4.37. The molecular weight excluding hydrogens is 404 g/mol. The average molecular weight is 433 g/mol. The van der Waals surface area contributed by atoms with Gasteiger partial charge in [0.1, 0.15) is 18.1 Å². The van der Waals surface area contributed by atoms with Crippen LogP contribution in [0.1, 0.15) is 30.0 Å². The molecule has 2 fully saturated rings. The van der Waals surface area contributed by atoms with E-state index in [1.807, 2.05) is 30.3 Å². The molecule has 1 unspecified atom stereocenters. The highest BCUT2D eigenvalue weighted by Gasteiger charge is 2.46. The molecule has 2 aromatic rings. The van der Waals surface area contributed by atoms with Gasteiger partial charge in [0, 0.05) is 18.7 Å². The SMILES string of the molecule is C=CCOc1ccc(C2/C(=C(\O)c3ccccc3)C(=O)C(=O)N2CCN2CCCC2)cc1. The lowest BCUT2D eigenvalue weighted by Crippen LogP contribution is -2.37. The standard InChI is InChI=1S/C26H28N2O4/c1-2-18-32-21-12-10-19(11-13-21)23-22(24(29)20-8-4-3-5-9-20)25(30)26(31)28(23)17-16-27-14-6-7-15-27/h2-5,8-13,23,29H,1,6-7,14-18H2/b24-22+. The van der Waals surface area contributed by atoms with Crippen molar-refractivity contribution in [3.63, 3.8) is 0 Å². The number of aliphatic hydroxyl groups excluding tert-OH is 1. The number of Topliss-reactive ketones (excluding diaryl/α,β-unsaturated/α-hetero) is 1. The van der Waals surface area contributed by atoms with Gasteiger partial charge in [-0.15, -0.1) is 0 Å². The number of carbonyl (C=O) groups excluding carboxylic acids is 2. The van der Waals surface area contributed by atoms with Crippen molar-refractivity contribution in [2.24, 2.45) is 0 Å². The Kier molecular flexibility index (Phi) is 6.71. The van der Waals surface area contributed by atoms with Gasteiger partial charge >= 0.3 is 0 Å². The minimum atomic E-state index is -0.648. The van der Waals surface area contributed by atoms with Crippen LogP contribution in [0, 0.1) is 0 Å². The number of benzene rings is 2. The van der Waals surface area contributed by atoms with Crippen LogP contribution in [0.3, 0.4) is 0 Å². The van der Waals surface area contributed by atoms with Gasteiger partial charge < -0.3 is 19.6 Å². The third kappa shape index (κ3) is 4.46. The molecule has 0 radical (unpaired) electrons. The summed E-state index contributed by atoms with van der Waals surface area (Å²) in [6.45, 7) is 7.19. The monoisotopic (exact) mass is 432 g/mol. The number of aliphatic hydroxyl groups is 1. The first-order chi connectivity index (χ1) is 15.6. The molecule has 2 heterocycles. The predicted molar refractivity (Wildman–Crippen MR) is 123 cm³/mol. The van der Waals surface area contributed by atoms with Crippen molar-refractivity contribution in [1.29, 1.82) is 0 Å². The lowest BCUT2D eigenvalue weighted by molar-refractivity contribution is -0.140. The largest absolute Gasteiger partial charge is 0.507 e. The third-order valence-corrected chi connectivity index (χ3v) is 6.01. The Labute approximate surface area is 188 Å². The van der Waals surface area contributed by atoms with E-state index >= 15 is 0 Å². The number of rotatable bonds is 8. The fraction of sp³-hybridized carbons (Fsp3) is 0.308. The highest BCUT2D eigenvalue weighted by atomic mass is 16.5. The first kappa shape index (κ1) is 21.8. The Morgan fingerprint density at radius 2 is 1.72 bits per heavy atom. The normalized spacial score (nSPS) is 20.6. The van der Waals surface area contributed by atoms with Crippen molar-refractivity contribution in [3.05, 3.63) is 84.0 Å². The zero-order chi connectivity index (χ0) is 22.5. The van der Waals surface area contributed by atoms with Crippen LogP contribution >= 0.6 is 0 Å². The van der Waals surface area contributed by atoms with Crippen molar-refractivity contribution in [2.45, 2.75) is 18.9 Å². The van der Waals surface area contributed by atoms with Crippen LogP contribution in [-0.4, -0.2) is 59.4 Å². The molecule has 32 heavy (non-hydrogen) atoms. The zero-order valence-corrected chi connectivity index (χ0v) is 18.1. The van der Waals surface area contributed by atoms with Crippen LogP contribution in [0.15, 0.2) is 72.8 Å². The van der Waals surface area contributed by atoms with E-state index in [1.165, 1.54) is 0 Å². The predicted octanol–water partition coefficient (Wildman–Crippen LogP) is 3.77. The van der Waals surface area contributed by atoms with E-state index in [0.717, 1.165) is 31.5 Å². The van der Waals surface area contributed by atoms with Crippen LogP contribution in [-0.2, 0) is 9.59 Å². The molecule has 0 bridgehead atoms. The summed E-state index contributed by atoms with van der Waals surface area (Å²) in [4.78, 5) is 30.0. The first-order valence-electron chi connectivity index (χ1n) is 11.0. The number of hydrogen-bond donors (Lipinski definition) is 1. The van der Waals surface area contributed by atoms with Gasteiger partial charge in [0.2, 0.25) is 0 Å². The van der Waals surface area contributed by atoms with Gasteiger partial charge in [-0.05, 0) is 43.6 Å². The summed E-state index contributed by atoms with van der Waals surface area (Å²) in [7, 11) is 0. The van der Waals surface area contributed by atoms with Gasteiger partial charge in [0.15, 0.2) is 0 Å². The summed E-state index contributed by atoms with van der Waals surface area (Å²) in [5.74, 6) is -0.696. The van der Waals surface area contributed by atoms with Crippen LogP contribution in [0.2, 0.25) is 0 Å². The number of nitrogens with zero attached hydrogens (tertiary/aromatic N) is 2. The molecule has 1 atom stereocenters. The molecule has 0 aromatic heterocycles. The highest BCUT2D eigenvalue weighted by molar-refractivity contribution is 6.46. The molecule has 2 aliphatic heterocycles. The molecule has 166 valence electrons. The molecule has 1 N–H and O–H groups in total. The Balaban J connectivity index is 1.71. The summed E-state index contributed by atoms with van der Waals surface area (Å²) in [5.41, 5.74) is 1.40. The summed E-state index contributed by atoms with van der Waals surface area (Å²) < 4.78 is 5.57. The number of hydrogen-bond acceptors (Lipinski definition) is 5. The molecule has 1 amide bonds. The Morgan fingerprint density at radius 3 is 2.38 bits per heavy atom. The number of ketones is 1. The number of ether oxygens (including phenoxy) is 1. The maximum Gasteiger partial charge on any atom is 0.295 e. The molecular formula is C26H28N2O4. The maximum absolute atomic E-state index is 13.1. The van der Waals surface area contributed by atoms with E-state index in [2.05, 4.69) is 11.5 Å². The van der Waals surface area contributed by atoms with Gasteiger partial charge in [-0.1, -0.05) is 55.1 Å². The summed E-state index contributed by atoms with van der Waals surface area (Å²) in [6.07, 6.45) is 3.98. The van der Waals surface area contributed by atoms with E-state index in [0.29, 0.717) is 31.0 Å². The van der Waals surface area contributed by atoms with E-state index in [4.69, 9.17) is 4.74 Å². The molecule has 6 nitrogen and oxygen atoms in total. The van der Waals surface area contributed by atoms with Crippen molar-refractivity contribution in [1.82, 2.24) is 9.80 Å². The summed E-state index contributed by atoms with van der Waals surface area (Å²) in [6, 6.07) is 15.5. The molecule has 2 aliphatic rings. The van der Waals surface area contributed by atoms with E-state index in [1.54, 1.807) is 35.2 Å². The topological polar surface area (TPSA) is 70.1 Å². The summed E-state index contributed by atoms with van der Waals surface area (Å²) >= 11 is 0. The quantitative estimate of drug-likeness (QED) is 0.298. The number of carbonyl (C=O) groups is 2. The lowest BCUT2D eigenvalue weighted by Gasteiger charge is -2.27. The highest BCUT2D eigenvalue weighted by Crippen LogP contribution is 2.39. The van der Waals surface area contributed by atoms with E-state index < -0.39 is 17.7 Å². The Bertz CT molecular complexity index is 1010. The molecule has 0 saturated carbocycles. The van der Waals surface area contributed by atoms with Crippen LogP contribution in [0.5, 0.6) is 5.75 Å². The van der Waals surface area contributed by atoms with Crippen molar-refractivity contribution in [3.8, 4) is 5.75 Å². The third-order valence-electron chi connectivity index (χ3n) is 6.01. The maximum atomic E-state index is 13.1. The van der Waals surface area contributed by atoms with Gasteiger partial charge in [0.05, 0.1) is 11.6 Å². The first-order valence-corrected chi connectivity index (χ1v) is 11.0. The van der Waals surface area contributed by atoms with Crippen LogP contribution in [0.25, 0.3) is 5.76 Å². The minimum Gasteiger partial charge on any atom is -0.507 e. The van der Waals surface area contributed by atoms with E-state index in [-0.39, 0.29) is 11.3 Å². The average Bonchev–Trinajstić information content (AvgIpc) is 3.43. The molecule has 0 spiro atoms. The molecule has 6 heteroatoms. The van der Waals surface area contributed by atoms with Crippen molar-refractivity contribution in [2.75, 3.05) is 32.8 Å². The van der Waals surface area contributed by atoms with Crippen molar-refractivity contribution < 1.29 is 19.4 Å². The molecule has 4 rings (SSSR count). The van der Waals surface area contributed by atoms with Gasteiger partial charge in [-0.3, -0.25) is 9.59 Å². The molecule has 0 aliphatic carbocycles. The lowest BCUT2D eigenvalue weighted by atomic mass is 9.95. The minimum absolute atomic E-state index is 0.127. The Hall–Kier alpha value is -3.38. The second-order valence-electron chi connectivity index (χ2n) is 8.08. The Morgan fingerprint density at radius 1 is 1.03 bits per heavy atom. The summed E-state index contributed by atoms with van der Waals surface area (Å²) in [5, 5.41) is 11.0.